The van der Waals surface area contributed by atoms with Gasteiger partial charge in [0, 0.05) is 19.1 Å². The average molecular weight is 257 g/mol. The Morgan fingerprint density at radius 1 is 1.26 bits per heavy atom. The largest absolute Gasteiger partial charge is 0.381 e. The quantitative estimate of drug-likeness (QED) is 0.853. The molecule has 0 amide bonds. The first-order valence-corrected chi connectivity index (χ1v) is 6.70. The van der Waals surface area contributed by atoms with E-state index in [4.69, 9.17) is 5.73 Å². The molecule has 1 aromatic carbocycles. The summed E-state index contributed by atoms with van der Waals surface area (Å²) in [4.78, 5) is 11.2. The molecule has 0 unspecified atom stereocenters. The number of likely N-dealkylation sites (N-methyl/N-ethyl adjacent to an activating group) is 1. The van der Waals surface area contributed by atoms with Gasteiger partial charge in [-0.1, -0.05) is 12.1 Å². The van der Waals surface area contributed by atoms with Gasteiger partial charge in [0.05, 0.1) is 11.0 Å². The highest BCUT2D eigenvalue weighted by Gasteiger charge is 2.25. The van der Waals surface area contributed by atoms with Gasteiger partial charge in [-0.05, 0) is 32.0 Å². The topological polar surface area (TPSA) is 67.1 Å². The summed E-state index contributed by atoms with van der Waals surface area (Å²) in [6.07, 6.45) is 2.66. The lowest BCUT2D eigenvalue weighted by atomic mass is 10.3. The summed E-state index contributed by atoms with van der Waals surface area (Å²) in [5, 5.41) is 3.28. The Labute approximate surface area is 112 Å². The fourth-order valence-corrected chi connectivity index (χ4v) is 2.19. The van der Waals surface area contributed by atoms with Crippen LogP contribution in [0.4, 0.5) is 11.6 Å². The van der Waals surface area contributed by atoms with Crippen molar-refractivity contribution in [1.29, 1.82) is 0 Å². The first kappa shape index (κ1) is 12.2. The second-order valence-electron chi connectivity index (χ2n) is 5.08. The number of nitrogen functional groups attached to an aromatic ring is 1. The SMILES string of the molecule is CN(CCNc1nc2ccccc2nc1N)C1CC1. The number of hydrogen-bond acceptors (Lipinski definition) is 5. The second-order valence-corrected chi connectivity index (χ2v) is 5.08. The highest BCUT2D eigenvalue weighted by atomic mass is 15.2. The fraction of sp³-hybridized carbons (Fsp3) is 0.429. The summed E-state index contributed by atoms with van der Waals surface area (Å²) in [5.41, 5.74) is 7.63. The Hall–Kier alpha value is -1.88. The number of hydrogen-bond donors (Lipinski definition) is 2. The molecule has 0 saturated heterocycles. The molecule has 0 aliphatic heterocycles. The molecule has 3 N–H and O–H groups in total. The molecule has 1 aliphatic rings. The van der Waals surface area contributed by atoms with E-state index in [-0.39, 0.29) is 0 Å². The molecule has 1 heterocycles. The van der Waals surface area contributed by atoms with Crippen LogP contribution in [-0.2, 0) is 0 Å². The van der Waals surface area contributed by atoms with Crippen LogP contribution in [0.1, 0.15) is 12.8 Å². The molecule has 1 fully saturated rings. The van der Waals surface area contributed by atoms with Crippen LogP contribution in [0.15, 0.2) is 24.3 Å². The zero-order valence-electron chi connectivity index (χ0n) is 11.1. The van der Waals surface area contributed by atoms with Gasteiger partial charge in [-0.3, -0.25) is 0 Å². The second kappa shape index (κ2) is 5.01. The first-order chi connectivity index (χ1) is 9.24. The molecule has 5 nitrogen and oxygen atoms in total. The van der Waals surface area contributed by atoms with Crippen molar-refractivity contribution in [3.05, 3.63) is 24.3 Å². The molecule has 0 bridgehead atoms. The summed E-state index contributed by atoms with van der Waals surface area (Å²) in [5.74, 6) is 1.15. The van der Waals surface area contributed by atoms with Gasteiger partial charge < -0.3 is 16.0 Å². The number of nitrogens with one attached hydrogen (secondary N) is 1. The Morgan fingerprint density at radius 3 is 2.63 bits per heavy atom. The van der Waals surface area contributed by atoms with Gasteiger partial charge in [0.2, 0.25) is 0 Å². The summed E-state index contributed by atoms with van der Waals surface area (Å²) in [6, 6.07) is 8.54. The molecule has 0 spiro atoms. The standard InChI is InChI=1S/C14H19N5/c1-19(10-6-7-10)9-8-16-14-13(15)17-11-4-2-3-5-12(11)18-14/h2-5,10H,6-9H2,1H3,(H2,15,17)(H,16,18). The minimum Gasteiger partial charge on any atom is -0.381 e. The molecule has 19 heavy (non-hydrogen) atoms. The van der Waals surface area contributed by atoms with Crippen molar-refractivity contribution in [3.8, 4) is 0 Å². The molecule has 5 heteroatoms. The van der Waals surface area contributed by atoms with E-state index in [0.29, 0.717) is 11.6 Å². The van der Waals surface area contributed by atoms with Crippen LogP contribution in [-0.4, -0.2) is 41.0 Å². The van der Waals surface area contributed by atoms with Crippen molar-refractivity contribution in [3.63, 3.8) is 0 Å². The van der Waals surface area contributed by atoms with Gasteiger partial charge in [0.1, 0.15) is 0 Å². The van der Waals surface area contributed by atoms with Crippen molar-refractivity contribution in [2.45, 2.75) is 18.9 Å². The molecular formula is C14H19N5. The number of para-hydroxylation sites is 2. The maximum Gasteiger partial charge on any atom is 0.169 e. The Kier molecular flexibility index (Phi) is 3.21. The van der Waals surface area contributed by atoms with Gasteiger partial charge in [-0.15, -0.1) is 0 Å². The summed E-state index contributed by atoms with van der Waals surface area (Å²) in [7, 11) is 2.16. The van der Waals surface area contributed by atoms with Crippen molar-refractivity contribution in [2.24, 2.45) is 0 Å². The molecule has 2 aromatic rings. The zero-order chi connectivity index (χ0) is 13.2. The number of nitrogens with two attached hydrogens (primary N) is 1. The summed E-state index contributed by atoms with van der Waals surface area (Å²) < 4.78 is 0. The smallest absolute Gasteiger partial charge is 0.169 e. The van der Waals surface area contributed by atoms with Gasteiger partial charge >= 0.3 is 0 Å². The molecule has 1 aromatic heterocycles. The molecule has 100 valence electrons. The molecular weight excluding hydrogens is 238 g/mol. The van der Waals surface area contributed by atoms with E-state index in [1.54, 1.807) is 0 Å². The van der Waals surface area contributed by atoms with Crippen molar-refractivity contribution in [2.75, 3.05) is 31.2 Å². The number of aromatic nitrogens is 2. The maximum atomic E-state index is 5.93. The number of rotatable bonds is 5. The van der Waals surface area contributed by atoms with E-state index < -0.39 is 0 Å². The third-order valence-corrected chi connectivity index (χ3v) is 3.52. The van der Waals surface area contributed by atoms with Crippen LogP contribution in [0.5, 0.6) is 0 Å². The summed E-state index contributed by atoms with van der Waals surface area (Å²) in [6.45, 7) is 1.84. The summed E-state index contributed by atoms with van der Waals surface area (Å²) >= 11 is 0. The zero-order valence-corrected chi connectivity index (χ0v) is 11.1. The lowest BCUT2D eigenvalue weighted by Crippen LogP contribution is -2.27. The Morgan fingerprint density at radius 2 is 1.95 bits per heavy atom. The third-order valence-electron chi connectivity index (χ3n) is 3.52. The van der Waals surface area contributed by atoms with Crippen molar-refractivity contribution >= 4 is 22.7 Å². The highest BCUT2D eigenvalue weighted by Crippen LogP contribution is 2.25. The van der Waals surface area contributed by atoms with Crippen molar-refractivity contribution in [1.82, 2.24) is 14.9 Å². The number of nitrogens with zero attached hydrogens (tertiary/aromatic N) is 3. The fourth-order valence-electron chi connectivity index (χ4n) is 2.19. The van der Waals surface area contributed by atoms with E-state index in [0.717, 1.165) is 30.2 Å². The molecule has 1 aliphatic carbocycles. The van der Waals surface area contributed by atoms with Crippen LogP contribution in [0.25, 0.3) is 11.0 Å². The minimum atomic E-state index is 0.466. The van der Waals surface area contributed by atoms with E-state index >= 15 is 0 Å². The van der Waals surface area contributed by atoms with E-state index in [2.05, 4.69) is 27.2 Å². The van der Waals surface area contributed by atoms with Gasteiger partial charge in [0.15, 0.2) is 11.6 Å². The monoisotopic (exact) mass is 257 g/mol. The minimum absolute atomic E-state index is 0.466. The third kappa shape index (κ3) is 2.76. The van der Waals surface area contributed by atoms with Crippen LogP contribution in [0, 0.1) is 0 Å². The highest BCUT2D eigenvalue weighted by molar-refractivity contribution is 5.79. The van der Waals surface area contributed by atoms with Gasteiger partial charge in [-0.25, -0.2) is 9.97 Å². The van der Waals surface area contributed by atoms with E-state index in [1.807, 2.05) is 24.3 Å². The predicted molar refractivity (Wildman–Crippen MR) is 78.1 cm³/mol. The molecule has 1 saturated carbocycles. The normalized spacial score (nSPS) is 15.1. The molecule has 0 atom stereocenters. The van der Waals surface area contributed by atoms with E-state index in [1.165, 1.54) is 12.8 Å². The first-order valence-electron chi connectivity index (χ1n) is 6.70. The van der Waals surface area contributed by atoms with E-state index in [9.17, 15) is 0 Å². The number of fused-ring (bicyclic) bond motifs is 1. The Balaban J connectivity index is 1.67. The van der Waals surface area contributed by atoms with Gasteiger partial charge in [-0.2, -0.15) is 0 Å². The maximum absolute atomic E-state index is 5.93. The van der Waals surface area contributed by atoms with Crippen LogP contribution in [0.2, 0.25) is 0 Å². The van der Waals surface area contributed by atoms with Gasteiger partial charge in [0.25, 0.3) is 0 Å². The molecule has 0 radical (unpaired) electrons. The van der Waals surface area contributed by atoms with Crippen LogP contribution < -0.4 is 11.1 Å². The van der Waals surface area contributed by atoms with Crippen LogP contribution >= 0.6 is 0 Å². The number of anilines is 2. The average Bonchev–Trinajstić information content (AvgIpc) is 3.23. The van der Waals surface area contributed by atoms with Crippen LogP contribution in [0.3, 0.4) is 0 Å². The van der Waals surface area contributed by atoms with Crippen molar-refractivity contribution < 1.29 is 0 Å². The Bertz CT molecular complexity index is 579. The predicted octanol–water partition coefficient (Wildman–Crippen LogP) is 1.72. The molecule has 3 rings (SSSR count). The lowest BCUT2D eigenvalue weighted by Gasteiger charge is -2.16. The lowest BCUT2D eigenvalue weighted by molar-refractivity contribution is 0.337. The number of benzene rings is 1.